The molecule has 1 rings (SSSR count). The fourth-order valence-corrected chi connectivity index (χ4v) is 2.02. The molecule has 0 aromatic carbocycles. The van der Waals surface area contributed by atoms with Gasteiger partial charge in [0.2, 0.25) is 0 Å². The lowest BCUT2D eigenvalue weighted by Crippen LogP contribution is -2.20. The first kappa shape index (κ1) is 14.7. The highest BCUT2D eigenvalue weighted by Gasteiger charge is 2.00. The van der Waals surface area contributed by atoms with Crippen molar-refractivity contribution in [3.8, 4) is 0 Å². The van der Waals surface area contributed by atoms with Gasteiger partial charge in [-0.25, -0.2) is 0 Å². The molecule has 0 aliphatic carbocycles. The fourth-order valence-electron chi connectivity index (χ4n) is 1.40. The van der Waals surface area contributed by atoms with Gasteiger partial charge in [0.1, 0.15) is 6.73 Å². The zero-order valence-electron chi connectivity index (χ0n) is 11.1. The zero-order chi connectivity index (χ0) is 13.2. The van der Waals surface area contributed by atoms with Gasteiger partial charge in [-0.3, -0.25) is 0 Å². The van der Waals surface area contributed by atoms with E-state index in [4.69, 9.17) is 4.74 Å². The van der Waals surface area contributed by atoms with Crippen LogP contribution in [-0.4, -0.2) is 25.3 Å². The minimum Gasteiger partial charge on any atom is -0.361 e. The van der Waals surface area contributed by atoms with Crippen LogP contribution in [0.5, 0.6) is 0 Å². The molecule has 0 atom stereocenters. The van der Waals surface area contributed by atoms with Crippen molar-refractivity contribution >= 4 is 17.4 Å². The molecule has 0 N–H and O–H groups in total. The molecule has 0 spiro atoms. The Balaban J connectivity index is 2.59. The Morgan fingerprint density at radius 2 is 2.39 bits per heavy atom. The molecule has 1 aromatic rings. The number of nitrogens with zero attached hydrogens (tertiary/aromatic N) is 1. The first-order valence-corrected chi connectivity index (χ1v) is 6.99. The van der Waals surface area contributed by atoms with Crippen LogP contribution in [0.4, 0.5) is 0 Å². The predicted octanol–water partition coefficient (Wildman–Crippen LogP) is 4.15. The third kappa shape index (κ3) is 5.34. The van der Waals surface area contributed by atoms with Crippen molar-refractivity contribution in [2.75, 3.05) is 20.4 Å². The minimum atomic E-state index is 0.599. The average Bonchev–Trinajstić information content (AvgIpc) is 2.87. The van der Waals surface area contributed by atoms with E-state index in [1.807, 2.05) is 13.1 Å². The highest BCUT2D eigenvalue weighted by atomic mass is 32.1. The van der Waals surface area contributed by atoms with Crippen LogP contribution in [0.2, 0.25) is 0 Å². The summed E-state index contributed by atoms with van der Waals surface area (Å²) in [5.74, 6) is 0. The van der Waals surface area contributed by atoms with Gasteiger partial charge in [-0.15, -0.1) is 11.3 Å². The van der Waals surface area contributed by atoms with Gasteiger partial charge in [-0.1, -0.05) is 25.6 Å². The first-order chi connectivity index (χ1) is 8.77. The Morgan fingerprint density at radius 3 is 3.00 bits per heavy atom. The van der Waals surface area contributed by atoms with E-state index in [-0.39, 0.29) is 0 Å². The number of rotatable bonds is 8. The van der Waals surface area contributed by atoms with Gasteiger partial charge in [0.15, 0.2) is 0 Å². The maximum Gasteiger partial charge on any atom is 0.118 e. The molecule has 18 heavy (non-hydrogen) atoms. The molecule has 0 aliphatic rings. The highest BCUT2D eigenvalue weighted by Crippen LogP contribution is 2.13. The van der Waals surface area contributed by atoms with Crippen LogP contribution in [0.15, 0.2) is 48.0 Å². The van der Waals surface area contributed by atoms with Crippen LogP contribution in [-0.2, 0) is 4.74 Å². The van der Waals surface area contributed by atoms with Crippen molar-refractivity contribution in [1.29, 1.82) is 0 Å². The molecule has 0 unspecified atom stereocenters. The fraction of sp³-hybridized carbons (Fsp3) is 0.333. The van der Waals surface area contributed by atoms with Crippen molar-refractivity contribution in [2.45, 2.75) is 13.3 Å². The maximum absolute atomic E-state index is 5.53. The van der Waals surface area contributed by atoms with Crippen LogP contribution < -0.4 is 0 Å². The monoisotopic (exact) mass is 263 g/mol. The van der Waals surface area contributed by atoms with E-state index < -0.39 is 0 Å². The number of thiophene rings is 1. The van der Waals surface area contributed by atoms with E-state index in [1.54, 1.807) is 17.4 Å². The Morgan fingerprint density at radius 1 is 1.56 bits per heavy atom. The van der Waals surface area contributed by atoms with Gasteiger partial charge < -0.3 is 9.64 Å². The van der Waals surface area contributed by atoms with Gasteiger partial charge >= 0.3 is 0 Å². The van der Waals surface area contributed by atoms with Crippen LogP contribution in [0.3, 0.4) is 0 Å². The highest BCUT2D eigenvalue weighted by molar-refractivity contribution is 7.10. The number of likely N-dealkylation sites (N-methyl/N-ethyl adjacent to an activating group) is 1. The van der Waals surface area contributed by atoms with Gasteiger partial charge in [0.05, 0.1) is 0 Å². The average molecular weight is 263 g/mol. The van der Waals surface area contributed by atoms with E-state index in [0.29, 0.717) is 6.73 Å². The molecule has 1 heterocycles. The summed E-state index contributed by atoms with van der Waals surface area (Å²) in [5, 5.41) is 2.07. The third-order valence-electron chi connectivity index (χ3n) is 2.32. The largest absolute Gasteiger partial charge is 0.361 e. The number of hydrogen-bond donors (Lipinski definition) is 0. The van der Waals surface area contributed by atoms with E-state index in [2.05, 4.69) is 48.1 Å². The molecule has 0 fully saturated rings. The molecule has 0 bridgehead atoms. The lowest BCUT2D eigenvalue weighted by Gasteiger charge is -2.20. The number of ether oxygens (including phenoxy) is 1. The summed E-state index contributed by atoms with van der Waals surface area (Å²) in [4.78, 5) is 3.31. The second-order valence-electron chi connectivity index (χ2n) is 3.91. The molecular weight excluding hydrogens is 242 g/mol. The molecule has 0 radical (unpaired) electrons. The van der Waals surface area contributed by atoms with Gasteiger partial charge in [-0.2, -0.15) is 0 Å². The van der Waals surface area contributed by atoms with Crippen LogP contribution >= 0.6 is 11.3 Å². The summed E-state index contributed by atoms with van der Waals surface area (Å²) in [7, 11) is 2.02. The molecule has 0 aliphatic heterocycles. The standard InChI is InChI=1S/C15H21NOS/c1-4-7-14(16(3)13-17-11-5-2)9-10-15-8-6-12-18-15/h4,6-10,12H,1,5,11,13H2,2-3H3/b10-9+,14-7-. The minimum absolute atomic E-state index is 0.599. The maximum atomic E-state index is 5.53. The predicted molar refractivity (Wildman–Crippen MR) is 80.5 cm³/mol. The summed E-state index contributed by atoms with van der Waals surface area (Å²) in [6.07, 6.45) is 9.02. The lowest BCUT2D eigenvalue weighted by molar-refractivity contribution is 0.0623. The molecule has 1 aromatic heterocycles. The van der Waals surface area contributed by atoms with Gasteiger partial charge in [0.25, 0.3) is 0 Å². The Labute approximate surface area is 114 Å². The number of allylic oxidation sites excluding steroid dienone is 3. The van der Waals surface area contributed by atoms with E-state index in [1.165, 1.54) is 4.88 Å². The molecule has 0 saturated carbocycles. The van der Waals surface area contributed by atoms with Crippen molar-refractivity contribution in [2.24, 2.45) is 0 Å². The molecule has 3 heteroatoms. The van der Waals surface area contributed by atoms with Gasteiger partial charge in [-0.05, 0) is 36.1 Å². The van der Waals surface area contributed by atoms with E-state index in [9.17, 15) is 0 Å². The SMILES string of the molecule is C=C/C=C(/C=C/c1cccs1)N(C)COCCC. The Kier molecular flexibility index (Phi) is 7.14. The van der Waals surface area contributed by atoms with E-state index >= 15 is 0 Å². The zero-order valence-corrected chi connectivity index (χ0v) is 12.0. The molecule has 2 nitrogen and oxygen atoms in total. The van der Waals surface area contributed by atoms with Crippen molar-refractivity contribution in [1.82, 2.24) is 4.90 Å². The van der Waals surface area contributed by atoms with E-state index in [0.717, 1.165) is 18.7 Å². The molecular formula is C15H21NOS. The topological polar surface area (TPSA) is 12.5 Å². The Bertz CT molecular complexity index is 393. The normalized spacial score (nSPS) is 12.0. The van der Waals surface area contributed by atoms with Crippen LogP contribution in [0.25, 0.3) is 6.08 Å². The molecule has 98 valence electrons. The van der Waals surface area contributed by atoms with Gasteiger partial charge in [0, 0.05) is 24.2 Å². The third-order valence-corrected chi connectivity index (χ3v) is 3.16. The summed E-state index contributed by atoms with van der Waals surface area (Å²) >= 11 is 1.73. The molecule has 0 amide bonds. The van der Waals surface area contributed by atoms with Crippen molar-refractivity contribution in [3.63, 3.8) is 0 Å². The van der Waals surface area contributed by atoms with Crippen LogP contribution in [0.1, 0.15) is 18.2 Å². The second kappa shape index (κ2) is 8.72. The Hall–Kier alpha value is -1.32. The number of hydrogen-bond acceptors (Lipinski definition) is 3. The van der Waals surface area contributed by atoms with Crippen molar-refractivity contribution in [3.05, 3.63) is 52.9 Å². The summed E-state index contributed by atoms with van der Waals surface area (Å²) < 4.78 is 5.53. The quantitative estimate of drug-likeness (QED) is 0.397. The summed E-state index contributed by atoms with van der Waals surface area (Å²) in [6, 6.07) is 4.15. The molecule has 0 saturated heterocycles. The first-order valence-electron chi connectivity index (χ1n) is 6.11. The second-order valence-corrected chi connectivity index (χ2v) is 4.89. The lowest BCUT2D eigenvalue weighted by atomic mass is 10.3. The smallest absolute Gasteiger partial charge is 0.118 e. The summed E-state index contributed by atoms with van der Waals surface area (Å²) in [6.45, 7) is 7.25. The van der Waals surface area contributed by atoms with Crippen molar-refractivity contribution < 1.29 is 4.74 Å². The van der Waals surface area contributed by atoms with Crippen LogP contribution in [0, 0.1) is 0 Å². The summed E-state index contributed by atoms with van der Waals surface area (Å²) in [5.41, 5.74) is 1.09.